The van der Waals surface area contributed by atoms with E-state index in [9.17, 15) is 18.4 Å². The Morgan fingerprint density at radius 2 is 1.64 bits per heavy atom. The normalized spacial score (nSPS) is 20.6. The zero-order chi connectivity index (χ0) is 20.6. The maximum absolute atomic E-state index is 13.1. The number of amides is 1. The molecule has 8 heteroatoms. The van der Waals surface area contributed by atoms with Gasteiger partial charge in [-0.25, -0.2) is 8.78 Å². The van der Waals surface area contributed by atoms with E-state index in [1.165, 1.54) is 0 Å². The Hall–Kier alpha value is -2.74. The minimum atomic E-state index is -2.95. The molecule has 6 nitrogen and oxygen atoms in total. The summed E-state index contributed by atoms with van der Waals surface area (Å²) in [5.74, 6) is -0.999. The number of hydrogen-bond acceptors (Lipinski definition) is 4. The van der Waals surface area contributed by atoms with Crippen LogP contribution in [0.4, 0.5) is 14.5 Å². The minimum Gasteiger partial charge on any atom is -0.368 e. The first-order chi connectivity index (χ1) is 13.2. The molecule has 28 heavy (non-hydrogen) atoms. The molecule has 2 aromatic rings. The molecule has 1 aliphatic rings. The highest BCUT2D eigenvalue weighted by molar-refractivity contribution is 5.94. The van der Waals surface area contributed by atoms with Crippen molar-refractivity contribution in [3.63, 3.8) is 0 Å². The molecule has 150 valence electrons. The SMILES string of the molecule is CC1CN(c2ccc(-n3cc(C(N)=O)c(C(F)F)cc3=O)cc2)CC(C)N1C. The largest absolute Gasteiger partial charge is 0.368 e. The lowest BCUT2D eigenvalue weighted by molar-refractivity contribution is 0.0985. The number of alkyl halides is 2. The number of nitrogens with two attached hydrogens (primary N) is 1. The molecular formula is C20H24F2N4O2. The summed E-state index contributed by atoms with van der Waals surface area (Å²) in [6, 6.07) is 8.82. The van der Waals surface area contributed by atoms with Gasteiger partial charge in [-0.3, -0.25) is 19.1 Å². The fourth-order valence-electron chi connectivity index (χ4n) is 3.58. The van der Waals surface area contributed by atoms with Crippen LogP contribution in [0.1, 0.15) is 36.2 Å². The molecule has 2 heterocycles. The molecule has 0 radical (unpaired) electrons. The summed E-state index contributed by atoms with van der Waals surface area (Å²) in [6.07, 6.45) is -1.87. The number of aromatic nitrogens is 1. The number of hydrogen-bond donors (Lipinski definition) is 1. The van der Waals surface area contributed by atoms with Gasteiger partial charge in [0.05, 0.1) is 5.56 Å². The van der Waals surface area contributed by atoms with Crippen LogP contribution in [0.3, 0.4) is 0 Å². The van der Waals surface area contributed by atoms with Crippen molar-refractivity contribution in [2.75, 3.05) is 25.0 Å². The van der Waals surface area contributed by atoms with Crippen molar-refractivity contribution in [3.8, 4) is 5.69 Å². The second-order valence-electron chi connectivity index (χ2n) is 7.30. The zero-order valence-corrected chi connectivity index (χ0v) is 16.1. The fraction of sp³-hybridized carbons (Fsp3) is 0.400. The Balaban J connectivity index is 1.93. The lowest BCUT2D eigenvalue weighted by Crippen LogP contribution is -2.55. The lowest BCUT2D eigenvalue weighted by Gasteiger charge is -2.43. The van der Waals surface area contributed by atoms with Crippen molar-refractivity contribution in [3.05, 3.63) is 58.0 Å². The summed E-state index contributed by atoms with van der Waals surface area (Å²) in [5.41, 5.74) is 5.05. The van der Waals surface area contributed by atoms with Crippen molar-refractivity contribution in [1.29, 1.82) is 0 Å². The Morgan fingerprint density at radius 3 is 2.14 bits per heavy atom. The molecule has 1 amide bonds. The van der Waals surface area contributed by atoms with Crippen LogP contribution in [0.25, 0.3) is 5.69 Å². The molecular weight excluding hydrogens is 366 g/mol. The van der Waals surface area contributed by atoms with E-state index in [-0.39, 0.29) is 5.56 Å². The van der Waals surface area contributed by atoms with Gasteiger partial charge in [-0.1, -0.05) is 0 Å². The number of anilines is 1. The molecule has 3 rings (SSSR count). The van der Waals surface area contributed by atoms with E-state index >= 15 is 0 Å². The summed E-state index contributed by atoms with van der Waals surface area (Å²) in [4.78, 5) is 28.4. The Bertz CT molecular complexity index is 915. The summed E-state index contributed by atoms with van der Waals surface area (Å²) in [6.45, 7) is 6.11. The van der Waals surface area contributed by atoms with Crippen molar-refractivity contribution in [2.24, 2.45) is 5.73 Å². The van der Waals surface area contributed by atoms with E-state index in [4.69, 9.17) is 5.73 Å². The molecule has 1 aliphatic heterocycles. The van der Waals surface area contributed by atoms with Crippen molar-refractivity contribution < 1.29 is 13.6 Å². The number of nitrogens with zero attached hydrogens (tertiary/aromatic N) is 3. The number of halogens is 2. The van der Waals surface area contributed by atoms with Gasteiger partial charge in [0, 0.05) is 54.4 Å². The van der Waals surface area contributed by atoms with Gasteiger partial charge in [0.1, 0.15) is 0 Å². The highest BCUT2D eigenvalue weighted by Gasteiger charge is 2.26. The topological polar surface area (TPSA) is 71.6 Å². The molecule has 1 saturated heterocycles. The first kappa shape index (κ1) is 20.0. The predicted octanol–water partition coefficient (Wildman–Crippen LogP) is 2.40. The lowest BCUT2D eigenvalue weighted by atomic mass is 10.1. The van der Waals surface area contributed by atoms with Crippen LogP contribution in [0.5, 0.6) is 0 Å². The third-order valence-corrected chi connectivity index (χ3v) is 5.44. The molecule has 0 aliphatic carbocycles. The van der Waals surface area contributed by atoms with Crippen LogP contribution in [0, 0.1) is 0 Å². The number of carbonyl (C=O) groups excluding carboxylic acids is 1. The summed E-state index contributed by atoms with van der Waals surface area (Å²) < 4.78 is 27.3. The van der Waals surface area contributed by atoms with E-state index < -0.39 is 23.5 Å². The van der Waals surface area contributed by atoms with Gasteiger partial charge < -0.3 is 10.6 Å². The Morgan fingerprint density at radius 1 is 1.11 bits per heavy atom. The van der Waals surface area contributed by atoms with E-state index in [1.54, 1.807) is 12.1 Å². The third-order valence-electron chi connectivity index (χ3n) is 5.44. The standard InChI is InChI=1S/C20H24F2N4O2/c1-12-9-25(10-13(2)24(12)3)14-4-6-15(7-5-14)26-11-17(20(23)28)16(19(21)22)8-18(26)27/h4-8,11-13,19H,9-10H2,1-3H3,(H2,23,28). The number of pyridine rings is 1. The van der Waals surface area contributed by atoms with E-state index in [0.717, 1.165) is 35.6 Å². The van der Waals surface area contributed by atoms with Crippen LogP contribution in [0.15, 0.2) is 41.3 Å². The van der Waals surface area contributed by atoms with Crippen LogP contribution in [-0.4, -0.2) is 47.6 Å². The Labute approximate surface area is 162 Å². The van der Waals surface area contributed by atoms with Gasteiger partial charge in [0.25, 0.3) is 17.9 Å². The molecule has 1 aromatic carbocycles. The maximum Gasteiger partial charge on any atom is 0.264 e. The fourth-order valence-corrected chi connectivity index (χ4v) is 3.58. The number of likely N-dealkylation sites (N-methyl/N-ethyl adjacent to an activating group) is 1. The van der Waals surface area contributed by atoms with Gasteiger partial charge >= 0.3 is 0 Å². The molecule has 0 saturated carbocycles. The molecule has 1 aromatic heterocycles. The van der Waals surface area contributed by atoms with Crippen molar-refractivity contribution in [1.82, 2.24) is 9.47 Å². The van der Waals surface area contributed by atoms with E-state index in [0.29, 0.717) is 17.8 Å². The van der Waals surface area contributed by atoms with Gasteiger partial charge in [-0.05, 0) is 45.2 Å². The van der Waals surface area contributed by atoms with Crippen LogP contribution in [0.2, 0.25) is 0 Å². The van der Waals surface area contributed by atoms with Gasteiger partial charge in [-0.15, -0.1) is 0 Å². The first-order valence-electron chi connectivity index (χ1n) is 9.11. The second kappa shape index (κ2) is 7.71. The van der Waals surface area contributed by atoms with E-state index in [2.05, 4.69) is 30.7 Å². The molecule has 0 spiro atoms. The Kier molecular flexibility index (Phi) is 5.51. The van der Waals surface area contributed by atoms with Gasteiger partial charge in [-0.2, -0.15) is 0 Å². The minimum absolute atomic E-state index is 0.361. The van der Waals surface area contributed by atoms with E-state index in [1.807, 2.05) is 12.1 Å². The summed E-state index contributed by atoms with van der Waals surface area (Å²) in [5, 5.41) is 0. The monoisotopic (exact) mass is 390 g/mol. The highest BCUT2D eigenvalue weighted by atomic mass is 19.3. The first-order valence-corrected chi connectivity index (χ1v) is 9.11. The maximum atomic E-state index is 13.1. The molecule has 0 bridgehead atoms. The summed E-state index contributed by atoms with van der Waals surface area (Å²) >= 11 is 0. The number of piperazine rings is 1. The average Bonchev–Trinajstić information content (AvgIpc) is 2.65. The van der Waals surface area contributed by atoms with Crippen LogP contribution in [-0.2, 0) is 0 Å². The third kappa shape index (κ3) is 3.77. The van der Waals surface area contributed by atoms with Gasteiger partial charge in [0.15, 0.2) is 0 Å². The zero-order valence-electron chi connectivity index (χ0n) is 16.1. The van der Waals surface area contributed by atoms with Crippen molar-refractivity contribution in [2.45, 2.75) is 32.4 Å². The number of carbonyl (C=O) groups is 1. The number of rotatable bonds is 4. The molecule has 2 atom stereocenters. The van der Waals surface area contributed by atoms with Gasteiger partial charge in [0.2, 0.25) is 0 Å². The molecule has 1 fully saturated rings. The number of benzene rings is 1. The molecule has 2 N–H and O–H groups in total. The highest BCUT2D eigenvalue weighted by Crippen LogP contribution is 2.24. The number of primary amides is 1. The molecule has 2 unspecified atom stereocenters. The average molecular weight is 390 g/mol. The smallest absolute Gasteiger partial charge is 0.264 e. The second-order valence-corrected chi connectivity index (χ2v) is 7.30. The van der Waals surface area contributed by atoms with Crippen LogP contribution < -0.4 is 16.2 Å². The predicted molar refractivity (Wildman–Crippen MR) is 104 cm³/mol. The van der Waals surface area contributed by atoms with Crippen LogP contribution >= 0.6 is 0 Å². The quantitative estimate of drug-likeness (QED) is 0.870. The van der Waals surface area contributed by atoms with Crippen molar-refractivity contribution >= 4 is 11.6 Å². The summed E-state index contributed by atoms with van der Waals surface area (Å²) in [7, 11) is 2.11.